The summed E-state index contributed by atoms with van der Waals surface area (Å²) >= 11 is 0. The zero-order valence-corrected chi connectivity index (χ0v) is 9.47. The summed E-state index contributed by atoms with van der Waals surface area (Å²) in [5, 5.41) is 13.6. The van der Waals surface area contributed by atoms with Crippen molar-refractivity contribution >= 4 is 11.7 Å². The van der Waals surface area contributed by atoms with E-state index in [0.29, 0.717) is 19.1 Å². The van der Waals surface area contributed by atoms with Gasteiger partial charge in [0.25, 0.3) is 5.91 Å². The zero-order valence-electron chi connectivity index (χ0n) is 9.47. The van der Waals surface area contributed by atoms with Crippen LogP contribution in [0.3, 0.4) is 0 Å². The van der Waals surface area contributed by atoms with E-state index in [4.69, 9.17) is 0 Å². The molecule has 1 aliphatic rings. The van der Waals surface area contributed by atoms with Crippen LogP contribution >= 0.6 is 0 Å². The Kier molecular flexibility index (Phi) is 3.10. The number of likely N-dealkylation sites (tertiary alicyclic amines) is 1. The summed E-state index contributed by atoms with van der Waals surface area (Å²) in [5.74, 6) is -0.339. The number of nitrogens with one attached hydrogen (secondary N) is 2. The van der Waals surface area contributed by atoms with Crippen LogP contribution in [0.4, 0.5) is 5.82 Å². The topological polar surface area (TPSA) is 91.3 Å². The van der Waals surface area contributed by atoms with Crippen LogP contribution in [0.15, 0.2) is 12.1 Å². The van der Waals surface area contributed by atoms with E-state index in [2.05, 4.69) is 10.3 Å². The Morgan fingerprint density at radius 2 is 2.41 bits per heavy atom. The first-order chi connectivity index (χ1) is 8.11. The van der Waals surface area contributed by atoms with Gasteiger partial charge in [0.15, 0.2) is 5.69 Å². The van der Waals surface area contributed by atoms with Crippen LogP contribution in [0, 0.1) is 10.1 Å². The number of H-pyrrole nitrogens is 1. The van der Waals surface area contributed by atoms with Crippen molar-refractivity contribution in [1.29, 1.82) is 0 Å². The molecule has 1 amide bonds. The van der Waals surface area contributed by atoms with E-state index in [-0.39, 0.29) is 17.4 Å². The molecule has 17 heavy (non-hydrogen) atoms. The first kappa shape index (κ1) is 11.6. The fraction of sp³-hybridized carbons (Fsp3) is 0.500. The van der Waals surface area contributed by atoms with Gasteiger partial charge < -0.3 is 20.3 Å². The molecule has 1 aliphatic heterocycles. The van der Waals surface area contributed by atoms with E-state index >= 15 is 0 Å². The Balaban J connectivity index is 2.07. The third-order valence-electron chi connectivity index (χ3n) is 2.98. The quantitative estimate of drug-likeness (QED) is 0.587. The van der Waals surface area contributed by atoms with Gasteiger partial charge in [0.05, 0.1) is 0 Å². The molecule has 1 saturated heterocycles. The first-order valence-corrected chi connectivity index (χ1v) is 5.41. The Labute approximate surface area is 97.9 Å². The van der Waals surface area contributed by atoms with Gasteiger partial charge in [0.1, 0.15) is 0 Å². The Morgan fingerprint density at radius 3 is 2.94 bits per heavy atom. The summed E-state index contributed by atoms with van der Waals surface area (Å²) in [7, 11) is 1.86. The third-order valence-corrected chi connectivity index (χ3v) is 2.98. The van der Waals surface area contributed by atoms with Crippen LogP contribution in [0.25, 0.3) is 0 Å². The van der Waals surface area contributed by atoms with Gasteiger partial charge in [-0.2, -0.15) is 0 Å². The molecular weight excluding hydrogens is 224 g/mol. The number of rotatable bonds is 3. The van der Waals surface area contributed by atoms with Crippen LogP contribution in [0.2, 0.25) is 0 Å². The molecule has 0 bridgehead atoms. The monoisotopic (exact) mass is 238 g/mol. The lowest BCUT2D eigenvalue weighted by atomic mass is 10.3. The maximum Gasteiger partial charge on any atom is 0.321 e. The normalized spacial score (nSPS) is 19.6. The molecule has 2 rings (SSSR count). The van der Waals surface area contributed by atoms with Gasteiger partial charge in [0, 0.05) is 25.2 Å². The minimum absolute atomic E-state index is 0.155. The number of likely N-dealkylation sites (N-methyl/N-ethyl adjacent to an activating group) is 1. The molecular formula is C10H14N4O3. The van der Waals surface area contributed by atoms with Gasteiger partial charge in [-0.3, -0.25) is 4.79 Å². The van der Waals surface area contributed by atoms with E-state index in [1.54, 1.807) is 4.90 Å². The van der Waals surface area contributed by atoms with Crippen molar-refractivity contribution in [3.63, 3.8) is 0 Å². The van der Waals surface area contributed by atoms with Crippen molar-refractivity contribution in [2.45, 2.75) is 12.5 Å². The number of carbonyl (C=O) groups is 1. The fourth-order valence-corrected chi connectivity index (χ4v) is 1.97. The minimum atomic E-state index is -0.544. The average Bonchev–Trinajstić information content (AvgIpc) is 2.97. The number of amides is 1. The maximum atomic E-state index is 12.0. The second-order valence-electron chi connectivity index (χ2n) is 4.04. The summed E-state index contributed by atoms with van der Waals surface area (Å²) in [4.78, 5) is 26.1. The summed E-state index contributed by atoms with van der Waals surface area (Å²) < 4.78 is 0. The van der Waals surface area contributed by atoms with E-state index in [9.17, 15) is 14.9 Å². The van der Waals surface area contributed by atoms with Crippen LogP contribution < -0.4 is 5.32 Å². The lowest BCUT2D eigenvalue weighted by molar-refractivity contribution is -0.389. The number of nitro groups is 1. The molecule has 1 aromatic rings. The fourth-order valence-electron chi connectivity index (χ4n) is 1.97. The molecule has 1 atom stereocenters. The minimum Gasteiger partial charge on any atom is -0.358 e. The molecule has 0 radical (unpaired) electrons. The number of hydrogen-bond acceptors (Lipinski definition) is 4. The molecule has 2 N–H and O–H groups in total. The number of aromatic amines is 1. The Morgan fingerprint density at radius 1 is 1.65 bits per heavy atom. The highest BCUT2D eigenvalue weighted by Gasteiger charge is 2.28. The number of carbonyl (C=O) groups excluding carboxylic acids is 1. The standard InChI is InChI=1S/C10H14N4O3/c1-11-7-4-5-13(6-7)10(15)8-2-3-9(12-8)14(16)17/h2-3,7,11-12H,4-6H2,1H3. The second kappa shape index (κ2) is 4.54. The maximum absolute atomic E-state index is 12.0. The SMILES string of the molecule is CNC1CCN(C(=O)c2ccc([N+](=O)[O-])[nH]2)C1. The average molecular weight is 238 g/mol. The summed E-state index contributed by atoms with van der Waals surface area (Å²) in [6.45, 7) is 1.32. The highest BCUT2D eigenvalue weighted by Crippen LogP contribution is 2.15. The molecule has 7 heteroatoms. The number of nitrogens with zero attached hydrogens (tertiary/aromatic N) is 2. The van der Waals surface area contributed by atoms with E-state index in [0.717, 1.165) is 6.42 Å². The van der Waals surface area contributed by atoms with E-state index in [1.807, 2.05) is 7.05 Å². The van der Waals surface area contributed by atoms with Crippen LogP contribution in [0.1, 0.15) is 16.9 Å². The van der Waals surface area contributed by atoms with Crippen molar-refractivity contribution in [2.75, 3.05) is 20.1 Å². The van der Waals surface area contributed by atoms with Gasteiger partial charge in [-0.25, -0.2) is 4.98 Å². The zero-order chi connectivity index (χ0) is 12.4. The third kappa shape index (κ3) is 2.28. The molecule has 1 aromatic heterocycles. The molecule has 0 aliphatic carbocycles. The summed E-state index contributed by atoms with van der Waals surface area (Å²) in [6.07, 6.45) is 0.908. The smallest absolute Gasteiger partial charge is 0.321 e. The van der Waals surface area contributed by atoms with Crippen molar-refractivity contribution in [3.05, 3.63) is 27.9 Å². The van der Waals surface area contributed by atoms with E-state index < -0.39 is 4.92 Å². The largest absolute Gasteiger partial charge is 0.358 e. The first-order valence-electron chi connectivity index (χ1n) is 5.41. The highest BCUT2D eigenvalue weighted by molar-refractivity contribution is 5.93. The van der Waals surface area contributed by atoms with Crippen LogP contribution in [-0.4, -0.2) is 46.9 Å². The molecule has 0 saturated carbocycles. The predicted octanol–water partition coefficient (Wildman–Crippen LogP) is 0.357. The Bertz CT molecular complexity index is 443. The van der Waals surface area contributed by atoms with Crippen molar-refractivity contribution in [3.8, 4) is 0 Å². The van der Waals surface area contributed by atoms with Crippen LogP contribution in [0.5, 0.6) is 0 Å². The van der Waals surface area contributed by atoms with Crippen LogP contribution in [-0.2, 0) is 0 Å². The molecule has 0 spiro atoms. The molecule has 0 aromatic carbocycles. The van der Waals surface area contributed by atoms with Gasteiger partial charge in [0.2, 0.25) is 0 Å². The van der Waals surface area contributed by atoms with Crippen molar-refractivity contribution in [2.24, 2.45) is 0 Å². The highest BCUT2D eigenvalue weighted by atomic mass is 16.6. The van der Waals surface area contributed by atoms with Crippen molar-refractivity contribution < 1.29 is 9.72 Å². The van der Waals surface area contributed by atoms with Gasteiger partial charge >= 0.3 is 5.82 Å². The lowest BCUT2D eigenvalue weighted by Crippen LogP contribution is -2.33. The number of hydrogen-bond donors (Lipinski definition) is 2. The van der Waals surface area contributed by atoms with Crippen molar-refractivity contribution in [1.82, 2.24) is 15.2 Å². The van der Waals surface area contributed by atoms with Gasteiger partial charge in [-0.05, 0) is 24.5 Å². The summed E-state index contributed by atoms with van der Waals surface area (Å²) in [6, 6.07) is 3.07. The predicted molar refractivity (Wildman–Crippen MR) is 60.8 cm³/mol. The Hall–Kier alpha value is -1.89. The van der Waals surface area contributed by atoms with Gasteiger partial charge in [-0.1, -0.05) is 0 Å². The molecule has 1 fully saturated rings. The number of aromatic nitrogens is 1. The molecule has 2 heterocycles. The van der Waals surface area contributed by atoms with E-state index in [1.165, 1.54) is 12.1 Å². The van der Waals surface area contributed by atoms with Gasteiger partial charge in [-0.15, -0.1) is 0 Å². The molecule has 1 unspecified atom stereocenters. The molecule has 7 nitrogen and oxygen atoms in total. The molecule has 92 valence electrons. The summed E-state index contributed by atoms with van der Waals surface area (Å²) in [5.41, 5.74) is 0.272. The second-order valence-corrected chi connectivity index (χ2v) is 4.04. The lowest BCUT2D eigenvalue weighted by Gasteiger charge is -2.13.